The number of nitrogens with one attached hydrogen (secondary N) is 1. The highest BCUT2D eigenvalue weighted by molar-refractivity contribution is 8.00. The van der Waals surface area contributed by atoms with Crippen molar-refractivity contribution < 1.29 is 4.79 Å². The van der Waals surface area contributed by atoms with Crippen LogP contribution >= 0.6 is 11.8 Å². The quantitative estimate of drug-likeness (QED) is 0.923. The molecule has 0 radical (unpaired) electrons. The largest absolute Gasteiger partial charge is 0.369 e. The summed E-state index contributed by atoms with van der Waals surface area (Å²) < 4.78 is 0. The van der Waals surface area contributed by atoms with Gasteiger partial charge in [-0.1, -0.05) is 13.8 Å². The molecule has 1 N–H and O–H groups in total. The summed E-state index contributed by atoms with van der Waals surface area (Å²) in [4.78, 5) is 22.9. The summed E-state index contributed by atoms with van der Waals surface area (Å²) in [6.07, 6.45) is 4.23. The van der Waals surface area contributed by atoms with Gasteiger partial charge in [-0.2, -0.15) is 11.8 Å². The van der Waals surface area contributed by atoms with Crippen molar-refractivity contribution >= 4 is 23.5 Å². The highest BCUT2D eigenvalue weighted by Gasteiger charge is 2.30. The summed E-state index contributed by atoms with van der Waals surface area (Å²) >= 11 is 1.91. The van der Waals surface area contributed by atoms with Crippen LogP contribution in [0, 0.1) is 0 Å². The van der Waals surface area contributed by atoms with Crippen LogP contribution in [0.4, 0.5) is 5.82 Å². The molecule has 1 aliphatic rings. The minimum atomic E-state index is -0.0146. The lowest BCUT2D eigenvalue weighted by atomic mass is 10.2. The molecule has 1 amide bonds. The maximum atomic E-state index is 12.5. The van der Waals surface area contributed by atoms with E-state index in [4.69, 9.17) is 0 Å². The highest BCUT2D eigenvalue weighted by atomic mass is 32.2. The average molecular weight is 294 g/mol. The van der Waals surface area contributed by atoms with E-state index in [0.29, 0.717) is 10.9 Å². The molecule has 2 rings (SSSR count). The summed E-state index contributed by atoms with van der Waals surface area (Å²) in [6, 6.07) is 0.237. The Labute approximate surface area is 124 Å². The van der Waals surface area contributed by atoms with Crippen LogP contribution in [0.3, 0.4) is 0 Å². The van der Waals surface area contributed by atoms with Crippen LogP contribution < -0.4 is 5.32 Å². The molecule has 20 heavy (non-hydrogen) atoms. The van der Waals surface area contributed by atoms with E-state index in [1.807, 2.05) is 16.7 Å². The molecule has 0 aromatic carbocycles. The zero-order valence-electron chi connectivity index (χ0n) is 12.3. The number of carbonyl (C=O) groups is 1. The Morgan fingerprint density at radius 3 is 2.90 bits per heavy atom. The Morgan fingerprint density at radius 2 is 2.25 bits per heavy atom. The molecule has 2 atom stereocenters. The number of nitrogens with zero attached hydrogens (tertiary/aromatic N) is 3. The molecule has 0 bridgehead atoms. The second-order valence-corrected chi connectivity index (χ2v) is 6.51. The number of thioether (sulfide) groups is 1. The first-order chi connectivity index (χ1) is 9.63. The van der Waals surface area contributed by atoms with Crippen molar-refractivity contribution in [3.63, 3.8) is 0 Å². The molecule has 0 spiro atoms. The molecule has 6 heteroatoms. The van der Waals surface area contributed by atoms with E-state index >= 15 is 0 Å². The van der Waals surface area contributed by atoms with Crippen LogP contribution in [-0.4, -0.2) is 50.9 Å². The molecule has 1 aromatic heterocycles. The maximum Gasteiger partial charge on any atom is 0.274 e. The van der Waals surface area contributed by atoms with Gasteiger partial charge in [-0.05, 0) is 13.3 Å². The monoisotopic (exact) mass is 294 g/mol. The van der Waals surface area contributed by atoms with Crippen molar-refractivity contribution in [2.24, 2.45) is 0 Å². The van der Waals surface area contributed by atoms with Gasteiger partial charge in [0.15, 0.2) is 0 Å². The number of carbonyl (C=O) groups excluding carboxylic acids is 1. The molecule has 110 valence electrons. The lowest BCUT2D eigenvalue weighted by Crippen LogP contribution is -2.48. The van der Waals surface area contributed by atoms with Crippen LogP contribution in [0.2, 0.25) is 0 Å². The number of anilines is 1. The third-order valence-corrected chi connectivity index (χ3v) is 4.91. The van der Waals surface area contributed by atoms with Crippen LogP contribution in [0.5, 0.6) is 0 Å². The predicted octanol–water partition coefficient (Wildman–Crippen LogP) is 2.26. The fourth-order valence-electron chi connectivity index (χ4n) is 2.15. The topological polar surface area (TPSA) is 58.1 Å². The lowest BCUT2D eigenvalue weighted by Gasteiger charge is -2.37. The predicted molar refractivity (Wildman–Crippen MR) is 83.2 cm³/mol. The van der Waals surface area contributed by atoms with Crippen LogP contribution in [0.1, 0.15) is 37.7 Å². The molecule has 1 aliphatic heterocycles. The number of rotatable bonds is 4. The fraction of sp³-hybridized carbons (Fsp3) is 0.643. The van der Waals surface area contributed by atoms with E-state index in [1.165, 1.54) is 0 Å². The van der Waals surface area contributed by atoms with Gasteiger partial charge in [0.25, 0.3) is 5.91 Å². The van der Waals surface area contributed by atoms with Gasteiger partial charge in [-0.25, -0.2) is 9.97 Å². The standard InChI is InChI=1S/C14H22N4OS/c1-4-5-15-13-9-16-12(8-17-13)14(19)18-6-7-20-11(3)10(18)2/h8-11H,4-7H2,1-3H3,(H,15,17). The molecule has 0 saturated carbocycles. The average Bonchev–Trinajstić information content (AvgIpc) is 2.48. The Balaban J connectivity index is 2.05. The normalized spacial score (nSPS) is 22.6. The van der Waals surface area contributed by atoms with Gasteiger partial charge in [-0.15, -0.1) is 0 Å². The Morgan fingerprint density at radius 1 is 1.45 bits per heavy atom. The van der Waals surface area contributed by atoms with Crippen molar-refractivity contribution in [3.05, 3.63) is 18.1 Å². The van der Waals surface area contributed by atoms with E-state index in [0.717, 1.165) is 31.1 Å². The summed E-state index contributed by atoms with van der Waals surface area (Å²) in [5.41, 5.74) is 0.429. The Hall–Kier alpha value is -1.30. The molecular weight excluding hydrogens is 272 g/mol. The smallest absolute Gasteiger partial charge is 0.274 e. The first kappa shape index (κ1) is 15.1. The molecule has 2 heterocycles. The molecule has 2 unspecified atom stereocenters. The van der Waals surface area contributed by atoms with E-state index in [-0.39, 0.29) is 11.9 Å². The Kier molecular flexibility index (Phi) is 5.23. The zero-order chi connectivity index (χ0) is 14.5. The Bertz CT molecular complexity index is 451. The zero-order valence-corrected chi connectivity index (χ0v) is 13.1. The van der Waals surface area contributed by atoms with Gasteiger partial charge in [0.1, 0.15) is 11.5 Å². The molecule has 0 aliphatic carbocycles. The first-order valence-corrected chi connectivity index (χ1v) is 8.16. The fourth-order valence-corrected chi connectivity index (χ4v) is 3.25. The maximum absolute atomic E-state index is 12.5. The number of aromatic nitrogens is 2. The van der Waals surface area contributed by atoms with Gasteiger partial charge in [0.2, 0.25) is 0 Å². The van der Waals surface area contributed by atoms with E-state index in [9.17, 15) is 4.79 Å². The van der Waals surface area contributed by atoms with Crippen LogP contribution in [0.15, 0.2) is 12.4 Å². The van der Waals surface area contributed by atoms with E-state index in [2.05, 4.69) is 36.1 Å². The van der Waals surface area contributed by atoms with Crippen LogP contribution in [-0.2, 0) is 0 Å². The SMILES string of the molecule is CCCNc1cnc(C(=O)N2CCSC(C)C2C)cn1. The van der Waals surface area contributed by atoms with E-state index in [1.54, 1.807) is 12.4 Å². The number of hydrogen-bond acceptors (Lipinski definition) is 5. The second kappa shape index (κ2) is 6.92. The van der Waals surface area contributed by atoms with E-state index < -0.39 is 0 Å². The van der Waals surface area contributed by atoms with Gasteiger partial charge in [0.05, 0.1) is 12.4 Å². The highest BCUT2D eigenvalue weighted by Crippen LogP contribution is 2.25. The van der Waals surface area contributed by atoms with Gasteiger partial charge in [0, 0.05) is 30.1 Å². The minimum Gasteiger partial charge on any atom is -0.369 e. The summed E-state index contributed by atoms with van der Waals surface area (Å²) in [5.74, 6) is 1.69. The van der Waals surface area contributed by atoms with Crippen molar-refractivity contribution in [2.75, 3.05) is 24.2 Å². The van der Waals surface area contributed by atoms with Crippen molar-refractivity contribution in [3.8, 4) is 0 Å². The van der Waals surface area contributed by atoms with Crippen molar-refractivity contribution in [1.29, 1.82) is 0 Å². The number of amides is 1. The molecule has 1 aromatic rings. The number of hydrogen-bond donors (Lipinski definition) is 1. The van der Waals surface area contributed by atoms with Gasteiger partial charge >= 0.3 is 0 Å². The second-order valence-electron chi connectivity index (χ2n) is 5.03. The molecule has 1 fully saturated rings. The third kappa shape index (κ3) is 3.42. The van der Waals surface area contributed by atoms with Crippen molar-refractivity contribution in [1.82, 2.24) is 14.9 Å². The summed E-state index contributed by atoms with van der Waals surface area (Å²) in [5, 5.41) is 3.62. The summed E-state index contributed by atoms with van der Waals surface area (Å²) in [6.45, 7) is 8.00. The van der Waals surface area contributed by atoms with Gasteiger partial charge < -0.3 is 10.2 Å². The lowest BCUT2D eigenvalue weighted by molar-refractivity contribution is 0.0691. The summed E-state index contributed by atoms with van der Waals surface area (Å²) in [7, 11) is 0. The van der Waals surface area contributed by atoms with Crippen LogP contribution in [0.25, 0.3) is 0 Å². The minimum absolute atomic E-state index is 0.0146. The first-order valence-electron chi connectivity index (χ1n) is 7.12. The van der Waals surface area contributed by atoms with Crippen molar-refractivity contribution in [2.45, 2.75) is 38.5 Å². The van der Waals surface area contributed by atoms with Gasteiger partial charge in [-0.3, -0.25) is 4.79 Å². The molecular formula is C14H22N4OS. The third-order valence-electron chi connectivity index (χ3n) is 3.57. The molecule has 5 nitrogen and oxygen atoms in total. The molecule has 1 saturated heterocycles.